The molecule has 0 saturated carbocycles. The number of anilines is 1. The van der Waals surface area contributed by atoms with E-state index < -0.39 is 11.6 Å². The molecule has 1 rings (SSSR count). The Bertz CT molecular complexity index is 384. The summed E-state index contributed by atoms with van der Waals surface area (Å²) < 4.78 is 13.1. The number of rotatable bonds is 1. The van der Waals surface area contributed by atoms with E-state index in [-0.39, 0.29) is 16.8 Å². The minimum atomic E-state index is -0.746. The van der Waals surface area contributed by atoms with Crippen LogP contribution < -0.4 is 5.73 Å². The zero-order valence-corrected chi connectivity index (χ0v) is 6.97. The molecule has 66 valence electrons. The molecule has 0 aliphatic carbocycles. The molecule has 0 aliphatic heterocycles. The summed E-state index contributed by atoms with van der Waals surface area (Å²) >= 11 is 0. The normalized spacial score (nSPS) is 9.31. The minimum absolute atomic E-state index is 0.00375. The lowest BCUT2D eigenvalue weighted by Crippen LogP contribution is -2.03. The molecule has 2 N–H and O–H groups in total. The van der Waals surface area contributed by atoms with E-state index in [2.05, 4.69) is 0 Å². The van der Waals surface area contributed by atoms with Crippen LogP contribution in [0, 0.1) is 17.1 Å². The number of nitrogen functional groups attached to an aromatic ring is 1. The number of nitrogens with zero attached hydrogens (tertiary/aromatic N) is 1. The molecule has 1 aromatic carbocycles. The summed E-state index contributed by atoms with van der Waals surface area (Å²) in [6, 6.07) is 4.01. The Morgan fingerprint density at radius 3 is 2.62 bits per heavy atom. The van der Waals surface area contributed by atoms with Crippen molar-refractivity contribution in [2.45, 2.75) is 6.92 Å². The average molecular weight is 178 g/mol. The van der Waals surface area contributed by atoms with E-state index in [0.29, 0.717) is 0 Å². The van der Waals surface area contributed by atoms with Gasteiger partial charge in [-0.15, -0.1) is 0 Å². The number of nitrogens with two attached hydrogens (primary N) is 1. The van der Waals surface area contributed by atoms with Crippen LogP contribution in [0.1, 0.15) is 22.8 Å². The fraction of sp³-hybridized carbons (Fsp3) is 0.111. The van der Waals surface area contributed by atoms with Crippen molar-refractivity contribution in [2.75, 3.05) is 5.73 Å². The highest BCUT2D eigenvalue weighted by molar-refractivity contribution is 5.99. The van der Waals surface area contributed by atoms with Crippen LogP contribution in [-0.2, 0) is 0 Å². The number of hydrogen-bond acceptors (Lipinski definition) is 3. The summed E-state index contributed by atoms with van der Waals surface area (Å²) in [6.45, 7) is 1.22. The quantitative estimate of drug-likeness (QED) is 0.523. The van der Waals surface area contributed by atoms with Gasteiger partial charge in [-0.2, -0.15) is 5.26 Å². The Balaban J connectivity index is 3.42. The number of benzene rings is 1. The lowest BCUT2D eigenvalue weighted by molar-refractivity contribution is 0.101. The number of nitriles is 1. The van der Waals surface area contributed by atoms with Crippen molar-refractivity contribution in [1.29, 1.82) is 5.26 Å². The van der Waals surface area contributed by atoms with E-state index in [1.807, 2.05) is 0 Å². The standard InChI is InChI=1S/C9H7FN2O/c1-5(13)9-7(10)2-6(4-11)3-8(9)12/h2-3H,12H2,1H3. The summed E-state index contributed by atoms with van der Waals surface area (Å²) in [4.78, 5) is 10.9. The van der Waals surface area contributed by atoms with Crippen molar-refractivity contribution < 1.29 is 9.18 Å². The molecule has 0 saturated heterocycles. The second-order valence-electron chi connectivity index (χ2n) is 2.59. The number of hydrogen-bond donors (Lipinski definition) is 1. The van der Waals surface area contributed by atoms with Crippen LogP contribution in [0.4, 0.5) is 10.1 Å². The molecule has 0 spiro atoms. The minimum Gasteiger partial charge on any atom is -0.398 e. The average Bonchev–Trinajstić information content (AvgIpc) is 2.02. The van der Waals surface area contributed by atoms with Gasteiger partial charge >= 0.3 is 0 Å². The summed E-state index contributed by atoms with van der Waals surface area (Å²) in [7, 11) is 0. The van der Waals surface area contributed by atoms with Crippen LogP contribution in [0.15, 0.2) is 12.1 Å². The molecule has 0 amide bonds. The first-order chi connectivity index (χ1) is 6.06. The number of carbonyl (C=O) groups excluding carboxylic acids is 1. The molecule has 0 fully saturated rings. The van der Waals surface area contributed by atoms with Gasteiger partial charge in [0.05, 0.1) is 17.2 Å². The molecule has 0 radical (unpaired) electrons. The number of halogens is 1. The molecule has 0 heterocycles. The third kappa shape index (κ3) is 1.64. The summed E-state index contributed by atoms with van der Waals surface area (Å²) in [5.74, 6) is -1.19. The fourth-order valence-electron chi connectivity index (χ4n) is 1.06. The second kappa shape index (κ2) is 3.23. The molecule has 0 aromatic heterocycles. The van der Waals surface area contributed by atoms with Crippen molar-refractivity contribution >= 4 is 11.5 Å². The maximum Gasteiger partial charge on any atom is 0.164 e. The molecular formula is C9H7FN2O. The largest absolute Gasteiger partial charge is 0.398 e. The summed E-state index contributed by atoms with van der Waals surface area (Å²) in [5, 5.41) is 8.46. The van der Waals surface area contributed by atoms with E-state index in [1.165, 1.54) is 13.0 Å². The molecule has 13 heavy (non-hydrogen) atoms. The lowest BCUT2D eigenvalue weighted by Gasteiger charge is -2.02. The maximum absolute atomic E-state index is 13.1. The highest BCUT2D eigenvalue weighted by atomic mass is 19.1. The molecule has 0 unspecified atom stereocenters. The van der Waals surface area contributed by atoms with E-state index in [0.717, 1.165) is 6.07 Å². The van der Waals surface area contributed by atoms with Gasteiger partial charge < -0.3 is 5.73 Å². The van der Waals surface area contributed by atoms with E-state index >= 15 is 0 Å². The number of ketones is 1. The van der Waals surface area contributed by atoms with E-state index in [9.17, 15) is 9.18 Å². The predicted octanol–water partition coefficient (Wildman–Crippen LogP) is 1.48. The van der Waals surface area contributed by atoms with E-state index in [1.54, 1.807) is 6.07 Å². The zero-order chi connectivity index (χ0) is 10.0. The van der Waals surface area contributed by atoms with Crippen molar-refractivity contribution in [3.63, 3.8) is 0 Å². The Kier molecular flexibility index (Phi) is 2.29. The molecule has 0 bridgehead atoms. The fourth-order valence-corrected chi connectivity index (χ4v) is 1.06. The van der Waals surface area contributed by atoms with Gasteiger partial charge in [-0.25, -0.2) is 4.39 Å². The zero-order valence-electron chi connectivity index (χ0n) is 6.97. The first-order valence-corrected chi connectivity index (χ1v) is 3.56. The Morgan fingerprint density at radius 2 is 2.23 bits per heavy atom. The van der Waals surface area contributed by atoms with Gasteiger partial charge in [0, 0.05) is 5.69 Å². The van der Waals surface area contributed by atoms with Gasteiger partial charge in [-0.1, -0.05) is 0 Å². The summed E-state index contributed by atoms with van der Waals surface area (Å²) in [6.07, 6.45) is 0. The van der Waals surface area contributed by atoms with Crippen LogP contribution in [-0.4, -0.2) is 5.78 Å². The Labute approximate surface area is 74.6 Å². The second-order valence-corrected chi connectivity index (χ2v) is 2.59. The third-order valence-electron chi connectivity index (χ3n) is 1.60. The highest BCUT2D eigenvalue weighted by Gasteiger charge is 2.12. The van der Waals surface area contributed by atoms with Gasteiger partial charge in [0.15, 0.2) is 5.78 Å². The number of Topliss-reactive ketones (excluding diaryl/α,β-unsaturated/α-hetero) is 1. The van der Waals surface area contributed by atoms with Crippen LogP contribution in [0.2, 0.25) is 0 Å². The van der Waals surface area contributed by atoms with E-state index in [4.69, 9.17) is 11.0 Å². The topological polar surface area (TPSA) is 66.9 Å². The van der Waals surface area contributed by atoms with Crippen LogP contribution in [0.25, 0.3) is 0 Å². The predicted molar refractivity (Wildman–Crippen MR) is 45.5 cm³/mol. The highest BCUT2D eigenvalue weighted by Crippen LogP contribution is 2.18. The van der Waals surface area contributed by atoms with Gasteiger partial charge in [-0.05, 0) is 19.1 Å². The molecule has 0 atom stereocenters. The SMILES string of the molecule is CC(=O)c1c(N)cc(C#N)cc1F. The first-order valence-electron chi connectivity index (χ1n) is 3.56. The van der Waals surface area contributed by atoms with Crippen LogP contribution >= 0.6 is 0 Å². The van der Waals surface area contributed by atoms with Crippen molar-refractivity contribution in [2.24, 2.45) is 0 Å². The van der Waals surface area contributed by atoms with Crippen molar-refractivity contribution in [1.82, 2.24) is 0 Å². The van der Waals surface area contributed by atoms with Gasteiger partial charge in [0.1, 0.15) is 5.82 Å². The molecular weight excluding hydrogens is 171 g/mol. The van der Waals surface area contributed by atoms with Crippen molar-refractivity contribution in [3.05, 3.63) is 29.1 Å². The molecule has 3 nitrogen and oxygen atoms in total. The smallest absolute Gasteiger partial charge is 0.164 e. The maximum atomic E-state index is 13.1. The van der Waals surface area contributed by atoms with Crippen molar-refractivity contribution in [3.8, 4) is 6.07 Å². The Hall–Kier alpha value is -1.89. The lowest BCUT2D eigenvalue weighted by atomic mass is 10.1. The third-order valence-corrected chi connectivity index (χ3v) is 1.60. The van der Waals surface area contributed by atoms with Gasteiger partial charge in [0.2, 0.25) is 0 Å². The first kappa shape index (κ1) is 9.20. The molecule has 1 aromatic rings. The number of carbonyl (C=O) groups is 1. The summed E-state index contributed by atoms with van der Waals surface area (Å²) in [5.41, 5.74) is 5.35. The Morgan fingerprint density at radius 1 is 1.62 bits per heavy atom. The monoisotopic (exact) mass is 178 g/mol. The van der Waals surface area contributed by atoms with Crippen LogP contribution in [0.3, 0.4) is 0 Å². The molecule has 0 aliphatic rings. The van der Waals surface area contributed by atoms with Crippen LogP contribution in [0.5, 0.6) is 0 Å². The van der Waals surface area contributed by atoms with Gasteiger partial charge in [-0.3, -0.25) is 4.79 Å². The van der Waals surface area contributed by atoms with Gasteiger partial charge in [0.25, 0.3) is 0 Å². The molecule has 4 heteroatoms.